The van der Waals surface area contributed by atoms with Crippen LogP contribution in [0, 0.1) is 0 Å². The van der Waals surface area contributed by atoms with Crippen molar-refractivity contribution < 1.29 is 63.8 Å². The van der Waals surface area contributed by atoms with Gasteiger partial charge in [0.05, 0.1) is 19.8 Å². The van der Waals surface area contributed by atoms with E-state index < -0.39 is 73.4 Å². The molecule has 0 spiro atoms. The predicted molar refractivity (Wildman–Crippen MR) is 142 cm³/mol. The Kier molecular flexibility index (Phi) is 8.71. The van der Waals surface area contributed by atoms with Crippen LogP contribution in [0.3, 0.4) is 0 Å². The van der Waals surface area contributed by atoms with Gasteiger partial charge < -0.3 is 63.8 Å². The molecule has 14 heteroatoms. The summed E-state index contributed by atoms with van der Waals surface area (Å²) >= 11 is 0. The van der Waals surface area contributed by atoms with Crippen LogP contribution < -0.4 is 14.9 Å². The molecule has 2 aliphatic heterocycles. The quantitative estimate of drug-likeness (QED) is 0.179. The molecule has 0 amide bonds. The van der Waals surface area contributed by atoms with Crippen molar-refractivity contribution in [2.24, 2.45) is 0 Å². The number of methoxy groups -OCH3 is 1. The SMILES string of the molecule is COc1cc(O)c2c(=O)cc(-c3ccc(O[C@@H]4O[C@H](CO[C@@H]5O[C@@H](C)[C@H](O)[C@@H](O)[C@H]5O)[C@@H](O)[C@H](O)[C@H]4O)cc3)oc2c1. The Morgan fingerprint density at radius 1 is 0.786 bits per heavy atom. The highest BCUT2D eigenvalue weighted by Crippen LogP contribution is 2.32. The minimum atomic E-state index is -1.68. The number of phenolic OH excluding ortho intramolecular Hbond substituents is 1. The number of aromatic hydroxyl groups is 1. The summed E-state index contributed by atoms with van der Waals surface area (Å²) in [5, 5.41) is 71.4. The third-order valence-electron chi connectivity index (χ3n) is 7.31. The third-order valence-corrected chi connectivity index (χ3v) is 7.31. The van der Waals surface area contributed by atoms with Crippen LogP contribution in [0.15, 0.2) is 51.7 Å². The monoisotopic (exact) mass is 592 g/mol. The standard InChI is InChI=1S/C28H32O14/c1-11-21(31)23(33)25(35)27(39-11)38-10-19-22(32)24(34)26(36)28(42-19)40-13-5-3-12(4-6-13)17-9-16(30)20-15(29)7-14(37-2)8-18(20)41-17/h3-9,11,19,21-29,31-36H,10H2,1-2H3/t11-,19+,21-,22+,23+,24-,25+,26+,27+,28+/m0/s1. The molecular weight excluding hydrogens is 560 g/mol. The maximum absolute atomic E-state index is 12.6. The molecule has 14 nitrogen and oxygen atoms in total. The Morgan fingerprint density at radius 2 is 1.45 bits per heavy atom. The van der Waals surface area contributed by atoms with Crippen molar-refractivity contribution in [2.75, 3.05) is 13.7 Å². The third kappa shape index (κ3) is 5.81. The van der Waals surface area contributed by atoms with Crippen LogP contribution in [0.5, 0.6) is 17.2 Å². The van der Waals surface area contributed by atoms with Gasteiger partial charge in [0.1, 0.15) is 76.7 Å². The predicted octanol–water partition coefficient (Wildman–Crippen LogP) is -0.795. The number of aliphatic hydroxyl groups is 6. The van der Waals surface area contributed by atoms with E-state index in [1.165, 1.54) is 44.4 Å². The number of hydrogen-bond acceptors (Lipinski definition) is 14. The number of aliphatic hydroxyl groups excluding tert-OH is 6. The van der Waals surface area contributed by atoms with Crippen LogP contribution in [0.2, 0.25) is 0 Å². The van der Waals surface area contributed by atoms with Crippen molar-refractivity contribution in [3.05, 3.63) is 52.7 Å². The number of phenols is 1. The first kappa shape index (κ1) is 30.2. The molecule has 228 valence electrons. The van der Waals surface area contributed by atoms with Crippen molar-refractivity contribution in [1.29, 1.82) is 0 Å². The second-order valence-corrected chi connectivity index (χ2v) is 10.2. The summed E-state index contributed by atoms with van der Waals surface area (Å²) in [6, 6.07) is 10.2. The summed E-state index contributed by atoms with van der Waals surface area (Å²) in [6.45, 7) is 1.05. The van der Waals surface area contributed by atoms with E-state index in [0.717, 1.165) is 0 Å². The fourth-order valence-corrected chi connectivity index (χ4v) is 4.83. The first-order chi connectivity index (χ1) is 20.0. The lowest BCUT2D eigenvalue weighted by molar-refractivity contribution is -0.318. The topological polar surface area (TPSA) is 218 Å². The lowest BCUT2D eigenvalue weighted by Gasteiger charge is -2.42. The molecule has 0 radical (unpaired) electrons. The number of ether oxygens (including phenoxy) is 5. The highest BCUT2D eigenvalue weighted by molar-refractivity contribution is 5.86. The van der Waals surface area contributed by atoms with Gasteiger partial charge in [-0.2, -0.15) is 0 Å². The van der Waals surface area contributed by atoms with Crippen LogP contribution in [0.4, 0.5) is 0 Å². The minimum Gasteiger partial charge on any atom is -0.507 e. The van der Waals surface area contributed by atoms with Gasteiger partial charge >= 0.3 is 0 Å². The molecule has 0 saturated carbocycles. The number of rotatable bonds is 7. The number of hydrogen-bond donors (Lipinski definition) is 7. The molecule has 2 aliphatic rings. The van der Waals surface area contributed by atoms with Crippen LogP contribution in [0.1, 0.15) is 6.92 Å². The molecule has 2 aromatic carbocycles. The average Bonchev–Trinajstić information content (AvgIpc) is 2.97. The van der Waals surface area contributed by atoms with E-state index in [0.29, 0.717) is 11.3 Å². The second-order valence-electron chi connectivity index (χ2n) is 10.2. The van der Waals surface area contributed by atoms with E-state index in [4.69, 9.17) is 28.1 Å². The smallest absolute Gasteiger partial charge is 0.229 e. The molecule has 1 aromatic heterocycles. The summed E-state index contributed by atoms with van der Waals surface area (Å²) < 4.78 is 33.1. The summed E-state index contributed by atoms with van der Waals surface area (Å²) in [7, 11) is 1.41. The molecular formula is C28H32O14. The Balaban J connectivity index is 1.28. The van der Waals surface area contributed by atoms with E-state index in [-0.39, 0.29) is 28.2 Å². The number of fused-ring (bicyclic) bond motifs is 1. The second kappa shape index (κ2) is 12.1. The highest BCUT2D eigenvalue weighted by atomic mass is 16.7. The summed E-state index contributed by atoms with van der Waals surface area (Å²) in [4.78, 5) is 12.6. The fourth-order valence-electron chi connectivity index (χ4n) is 4.83. The molecule has 7 N–H and O–H groups in total. The molecule has 5 rings (SSSR count). The summed E-state index contributed by atoms with van der Waals surface area (Å²) in [5.74, 6) is 0.435. The number of benzene rings is 2. The Hall–Kier alpha value is -3.31. The Bertz CT molecular complexity index is 1440. The van der Waals surface area contributed by atoms with Gasteiger partial charge in [0.25, 0.3) is 0 Å². The van der Waals surface area contributed by atoms with Gasteiger partial charge in [0.2, 0.25) is 6.29 Å². The van der Waals surface area contributed by atoms with Crippen molar-refractivity contribution in [2.45, 2.75) is 68.3 Å². The van der Waals surface area contributed by atoms with Gasteiger partial charge in [-0.15, -0.1) is 0 Å². The van der Waals surface area contributed by atoms with Gasteiger partial charge in [-0.1, -0.05) is 0 Å². The fraction of sp³-hybridized carbons (Fsp3) is 0.464. The van der Waals surface area contributed by atoms with Crippen LogP contribution >= 0.6 is 0 Å². The van der Waals surface area contributed by atoms with Crippen LogP contribution in [-0.4, -0.2) is 111 Å². The molecule has 3 heterocycles. The molecule has 0 aliphatic carbocycles. The normalized spacial score (nSPS) is 33.4. The molecule has 3 aromatic rings. The van der Waals surface area contributed by atoms with E-state index in [2.05, 4.69) is 0 Å². The molecule has 2 fully saturated rings. The lowest BCUT2D eigenvalue weighted by atomic mass is 9.98. The van der Waals surface area contributed by atoms with Crippen molar-refractivity contribution in [3.8, 4) is 28.6 Å². The Labute approximate surface area is 238 Å². The van der Waals surface area contributed by atoms with E-state index >= 15 is 0 Å². The van der Waals surface area contributed by atoms with E-state index in [9.17, 15) is 40.5 Å². The molecule has 42 heavy (non-hydrogen) atoms. The zero-order chi connectivity index (χ0) is 30.3. The van der Waals surface area contributed by atoms with Gasteiger partial charge in [0.15, 0.2) is 11.7 Å². The first-order valence-electron chi connectivity index (χ1n) is 13.1. The van der Waals surface area contributed by atoms with Gasteiger partial charge in [0, 0.05) is 23.8 Å². The van der Waals surface area contributed by atoms with Crippen molar-refractivity contribution >= 4 is 11.0 Å². The zero-order valence-electron chi connectivity index (χ0n) is 22.5. The maximum Gasteiger partial charge on any atom is 0.229 e. The van der Waals surface area contributed by atoms with Crippen molar-refractivity contribution in [3.63, 3.8) is 0 Å². The largest absolute Gasteiger partial charge is 0.507 e. The molecule has 0 bridgehead atoms. The lowest BCUT2D eigenvalue weighted by Crippen LogP contribution is -2.61. The van der Waals surface area contributed by atoms with Gasteiger partial charge in [-0.05, 0) is 31.2 Å². The Morgan fingerprint density at radius 3 is 2.14 bits per heavy atom. The highest BCUT2D eigenvalue weighted by Gasteiger charge is 2.47. The molecule has 2 saturated heterocycles. The van der Waals surface area contributed by atoms with Crippen LogP contribution in [-0.2, 0) is 14.2 Å². The van der Waals surface area contributed by atoms with Gasteiger partial charge in [-0.3, -0.25) is 4.79 Å². The molecule has 0 unspecified atom stereocenters. The minimum absolute atomic E-state index is 0.00931. The van der Waals surface area contributed by atoms with Crippen molar-refractivity contribution in [1.82, 2.24) is 0 Å². The molecule has 10 atom stereocenters. The first-order valence-corrected chi connectivity index (χ1v) is 13.1. The van der Waals surface area contributed by atoms with E-state index in [1.54, 1.807) is 12.1 Å². The zero-order valence-corrected chi connectivity index (χ0v) is 22.5. The van der Waals surface area contributed by atoms with Gasteiger partial charge in [-0.25, -0.2) is 0 Å². The average molecular weight is 593 g/mol. The summed E-state index contributed by atoms with van der Waals surface area (Å²) in [5.41, 5.74) is 0.154. The maximum atomic E-state index is 12.6. The van der Waals surface area contributed by atoms with E-state index in [1.807, 2.05) is 0 Å². The van der Waals surface area contributed by atoms with Crippen LogP contribution in [0.25, 0.3) is 22.3 Å². The summed E-state index contributed by atoms with van der Waals surface area (Å²) in [6.07, 6.45) is -14.2.